The van der Waals surface area contributed by atoms with Crippen molar-refractivity contribution in [2.24, 2.45) is 5.92 Å². The van der Waals surface area contributed by atoms with Gasteiger partial charge in [0.1, 0.15) is 17.3 Å². The lowest BCUT2D eigenvalue weighted by Gasteiger charge is -2.38. The molecule has 3 fully saturated rings. The third-order valence-electron chi connectivity index (χ3n) is 5.38. The average molecular weight is 360 g/mol. The molecule has 6 unspecified atom stereocenters. The van der Waals surface area contributed by atoms with Crippen molar-refractivity contribution < 1.29 is 36.4 Å². The van der Waals surface area contributed by atoms with Gasteiger partial charge in [0, 0.05) is 11.5 Å². The van der Waals surface area contributed by atoms with Crippen LogP contribution in [0.4, 0.5) is 0 Å². The highest BCUT2D eigenvalue weighted by atomic mass is 32.2. The number of hydrogen-bond acceptors (Lipinski definition) is 8. The highest BCUT2D eigenvalue weighted by molar-refractivity contribution is 7.87. The molecule has 0 aliphatic carbocycles. The van der Waals surface area contributed by atoms with E-state index in [0.29, 0.717) is 0 Å². The first kappa shape index (κ1) is 17.4. The van der Waals surface area contributed by atoms with Crippen molar-refractivity contribution in [3.63, 3.8) is 0 Å². The molecule has 0 radical (unpaired) electrons. The van der Waals surface area contributed by atoms with Crippen LogP contribution in [0.5, 0.6) is 0 Å². The summed E-state index contributed by atoms with van der Waals surface area (Å²) in [6.45, 7) is 9.43. The minimum Gasteiger partial charge on any atom is -0.455 e. The van der Waals surface area contributed by atoms with E-state index in [1.165, 1.54) is 6.92 Å². The highest BCUT2D eigenvalue weighted by Gasteiger charge is 2.80. The zero-order valence-corrected chi connectivity index (χ0v) is 14.7. The number of fused-ring (bicyclic) bond motifs is 1. The van der Waals surface area contributed by atoms with Crippen LogP contribution >= 0.6 is 0 Å². The van der Waals surface area contributed by atoms with E-state index in [-0.39, 0.29) is 11.5 Å². The summed E-state index contributed by atoms with van der Waals surface area (Å²) in [4.78, 5) is 23.3. The van der Waals surface area contributed by atoms with Crippen molar-refractivity contribution in [3.8, 4) is 0 Å². The van der Waals surface area contributed by atoms with Crippen LogP contribution in [-0.2, 0) is 38.1 Å². The van der Waals surface area contributed by atoms with Crippen molar-refractivity contribution in [1.82, 2.24) is 0 Å². The van der Waals surface area contributed by atoms with Gasteiger partial charge in [-0.1, -0.05) is 13.5 Å². The van der Waals surface area contributed by atoms with Crippen LogP contribution < -0.4 is 0 Å². The standard InChI is InChI=1S/C15H20O8S/c1-7(2)13(17)20-6-9(16)21-11-10-12-15(5,23-24(10,18)19)8(3)14(11,4)22-12/h8,10-12H,1,6H2,2-5H3. The van der Waals surface area contributed by atoms with E-state index in [9.17, 15) is 18.0 Å². The number of ether oxygens (including phenoxy) is 3. The van der Waals surface area contributed by atoms with Gasteiger partial charge in [-0.25, -0.2) is 9.59 Å². The van der Waals surface area contributed by atoms with Crippen LogP contribution in [0.15, 0.2) is 12.2 Å². The van der Waals surface area contributed by atoms with E-state index in [0.717, 1.165) is 0 Å². The Morgan fingerprint density at radius 1 is 1.25 bits per heavy atom. The van der Waals surface area contributed by atoms with Gasteiger partial charge in [-0.3, -0.25) is 4.18 Å². The smallest absolute Gasteiger partial charge is 0.344 e. The topological polar surface area (TPSA) is 105 Å². The van der Waals surface area contributed by atoms with Gasteiger partial charge in [0.15, 0.2) is 18.0 Å². The maximum Gasteiger partial charge on any atom is 0.344 e. The van der Waals surface area contributed by atoms with Crippen molar-refractivity contribution in [2.45, 2.75) is 56.4 Å². The summed E-state index contributed by atoms with van der Waals surface area (Å²) < 4.78 is 45.9. The minimum atomic E-state index is -3.92. The molecule has 134 valence electrons. The molecule has 3 saturated heterocycles. The molecular weight excluding hydrogens is 340 g/mol. The van der Waals surface area contributed by atoms with E-state index in [2.05, 4.69) is 6.58 Å². The van der Waals surface area contributed by atoms with E-state index >= 15 is 0 Å². The molecule has 9 heteroatoms. The third kappa shape index (κ3) is 2.14. The number of carbonyl (C=O) groups excluding carboxylic acids is 2. The van der Waals surface area contributed by atoms with Gasteiger partial charge < -0.3 is 14.2 Å². The van der Waals surface area contributed by atoms with E-state index in [4.69, 9.17) is 18.4 Å². The van der Waals surface area contributed by atoms with Gasteiger partial charge in [-0.05, 0) is 20.8 Å². The quantitative estimate of drug-likeness (QED) is 0.401. The highest BCUT2D eigenvalue weighted by Crippen LogP contribution is 2.61. The molecule has 0 saturated carbocycles. The molecule has 2 bridgehead atoms. The molecular formula is C15H20O8S. The Morgan fingerprint density at radius 3 is 2.46 bits per heavy atom. The molecule has 3 heterocycles. The summed E-state index contributed by atoms with van der Waals surface area (Å²) in [5.41, 5.74) is -1.80. The fraction of sp³-hybridized carbons (Fsp3) is 0.733. The molecule has 0 spiro atoms. The molecule has 3 rings (SSSR count). The SMILES string of the molecule is C=C(C)C(=O)OCC(=O)OC1C2C3OC1(C)C(C)C3(C)OS2(=O)=O. The normalized spacial score (nSPS) is 44.3. The first-order valence-corrected chi connectivity index (χ1v) is 9.05. The molecule has 6 atom stereocenters. The maximum atomic E-state index is 12.3. The van der Waals surface area contributed by atoms with Gasteiger partial charge >= 0.3 is 11.9 Å². The fourth-order valence-corrected chi connectivity index (χ4v) is 5.94. The van der Waals surface area contributed by atoms with Gasteiger partial charge in [-0.2, -0.15) is 8.42 Å². The van der Waals surface area contributed by atoms with Crippen LogP contribution in [-0.4, -0.2) is 55.6 Å². The van der Waals surface area contributed by atoms with E-state index in [1.54, 1.807) is 20.8 Å². The lowest BCUT2D eigenvalue weighted by Crippen LogP contribution is -2.57. The molecule has 3 aliphatic heterocycles. The minimum absolute atomic E-state index is 0.147. The van der Waals surface area contributed by atoms with E-state index in [1.807, 2.05) is 0 Å². The first-order valence-electron chi connectivity index (χ1n) is 7.58. The average Bonchev–Trinajstić information content (AvgIpc) is 2.93. The Hall–Kier alpha value is -1.45. The zero-order chi connectivity index (χ0) is 18.1. The number of esters is 2. The monoisotopic (exact) mass is 360 g/mol. The summed E-state index contributed by atoms with van der Waals surface area (Å²) in [6.07, 6.45) is -1.72. The summed E-state index contributed by atoms with van der Waals surface area (Å²) in [7, 11) is -3.92. The summed E-state index contributed by atoms with van der Waals surface area (Å²) in [5, 5.41) is -1.08. The van der Waals surface area contributed by atoms with Crippen molar-refractivity contribution >= 4 is 22.1 Å². The molecule has 0 aromatic heterocycles. The van der Waals surface area contributed by atoms with Crippen LogP contribution in [0.3, 0.4) is 0 Å². The predicted molar refractivity (Wildman–Crippen MR) is 80.3 cm³/mol. The second-order valence-corrected chi connectivity index (χ2v) is 8.63. The van der Waals surface area contributed by atoms with Gasteiger partial charge in [0.25, 0.3) is 10.1 Å². The predicted octanol–water partition coefficient (Wildman–Crippen LogP) is 0.312. The number of carbonyl (C=O) groups is 2. The van der Waals surface area contributed by atoms with Crippen molar-refractivity contribution in [1.29, 1.82) is 0 Å². The Balaban J connectivity index is 1.78. The molecule has 0 amide bonds. The van der Waals surface area contributed by atoms with Crippen LogP contribution in [0.25, 0.3) is 0 Å². The Kier molecular flexibility index (Phi) is 3.64. The summed E-state index contributed by atoms with van der Waals surface area (Å²) >= 11 is 0. The largest absolute Gasteiger partial charge is 0.455 e. The fourth-order valence-electron chi connectivity index (χ4n) is 3.84. The van der Waals surface area contributed by atoms with Crippen LogP contribution in [0.2, 0.25) is 0 Å². The number of hydrogen-bond donors (Lipinski definition) is 0. The second kappa shape index (κ2) is 5.03. The number of rotatable bonds is 4. The second-order valence-electron chi connectivity index (χ2n) is 6.94. The lowest BCUT2D eigenvalue weighted by molar-refractivity contribution is -0.168. The Morgan fingerprint density at radius 2 is 1.88 bits per heavy atom. The molecule has 0 aromatic rings. The lowest BCUT2D eigenvalue weighted by atomic mass is 9.70. The van der Waals surface area contributed by atoms with E-state index < -0.39 is 57.3 Å². The summed E-state index contributed by atoms with van der Waals surface area (Å²) in [6, 6.07) is 0. The summed E-state index contributed by atoms with van der Waals surface area (Å²) in [5.74, 6) is -1.87. The zero-order valence-electron chi connectivity index (χ0n) is 13.9. The van der Waals surface area contributed by atoms with Crippen molar-refractivity contribution in [2.75, 3.05) is 6.61 Å². The van der Waals surface area contributed by atoms with Crippen molar-refractivity contribution in [3.05, 3.63) is 12.2 Å². The molecule has 8 nitrogen and oxygen atoms in total. The molecule has 0 aromatic carbocycles. The molecule has 24 heavy (non-hydrogen) atoms. The first-order chi connectivity index (χ1) is 10.9. The van der Waals surface area contributed by atoms with Gasteiger partial charge in [0.2, 0.25) is 0 Å². The van der Waals surface area contributed by atoms with Crippen LogP contribution in [0, 0.1) is 5.92 Å². The molecule has 0 N–H and O–H groups in total. The van der Waals surface area contributed by atoms with Crippen LogP contribution in [0.1, 0.15) is 27.7 Å². The third-order valence-corrected chi connectivity index (χ3v) is 7.14. The molecule has 3 aliphatic rings. The van der Waals surface area contributed by atoms with Gasteiger partial charge in [-0.15, -0.1) is 0 Å². The van der Waals surface area contributed by atoms with Gasteiger partial charge in [0.05, 0.1) is 0 Å². The Labute approximate surface area is 140 Å². The maximum absolute atomic E-state index is 12.3. The Bertz CT molecular complexity index is 728.